The number of carbonyl (C=O) groups is 1. The fraction of sp³-hybridized carbons (Fsp3) is 0.769. The van der Waals surface area contributed by atoms with Crippen molar-refractivity contribution in [1.82, 2.24) is 14.8 Å². The van der Waals surface area contributed by atoms with Crippen LogP contribution in [-0.4, -0.2) is 42.3 Å². The van der Waals surface area contributed by atoms with E-state index in [-0.39, 0.29) is 11.6 Å². The number of carboxylic acids is 1. The van der Waals surface area contributed by atoms with Crippen molar-refractivity contribution in [3.63, 3.8) is 0 Å². The first-order chi connectivity index (χ1) is 9.95. The van der Waals surface area contributed by atoms with E-state index in [0.29, 0.717) is 43.1 Å². The lowest BCUT2D eigenvalue weighted by Gasteiger charge is -2.34. The predicted octanol–water partition coefficient (Wildman–Crippen LogP) is 1.08. The lowest BCUT2D eigenvalue weighted by molar-refractivity contribution is -0.144. The zero-order valence-electron chi connectivity index (χ0n) is 12.0. The second-order valence-electron chi connectivity index (χ2n) is 5.59. The Bertz CT molecular complexity index is 546. The Morgan fingerprint density at radius 3 is 2.76 bits per heavy atom. The van der Waals surface area contributed by atoms with Crippen molar-refractivity contribution in [3.8, 4) is 0 Å². The van der Waals surface area contributed by atoms with Crippen molar-refractivity contribution in [1.29, 1.82) is 0 Å². The van der Waals surface area contributed by atoms with Gasteiger partial charge in [-0.2, -0.15) is 0 Å². The summed E-state index contributed by atoms with van der Waals surface area (Å²) >= 11 is 1.35. The smallest absolute Gasteiger partial charge is 0.343 e. The molecule has 0 bridgehead atoms. The van der Waals surface area contributed by atoms with Crippen molar-refractivity contribution in [3.05, 3.63) is 10.5 Å². The number of rotatable bonds is 6. The van der Waals surface area contributed by atoms with Gasteiger partial charge in [-0.25, -0.2) is 9.89 Å². The molecule has 0 amide bonds. The molecule has 21 heavy (non-hydrogen) atoms. The summed E-state index contributed by atoms with van der Waals surface area (Å²) in [4.78, 5) is 22.5. The number of carboxylic acid groups (broad SMARTS) is 1. The van der Waals surface area contributed by atoms with Gasteiger partial charge in [0, 0.05) is 12.3 Å². The monoisotopic (exact) mass is 315 g/mol. The van der Waals surface area contributed by atoms with E-state index in [0.717, 1.165) is 6.42 Å². The number of aliphatic hydroxyl groups is 1. The van der Waals surface area contributed by atoms with Crippen LogP contribution in [0.1, 0.15) is 39.0 Å². The molecule has 7 nitrogen and oxygen atoms in total. The van der Waals surface area contributed by atoms with Crippen LogP contribution < -0.4 is 5.69 Å². The number of nitrogens with one attached hydrogen (secondary N) is 1. The Hall–Kier alpha value is -1.28. The van der Waals surface area contributed by atoms with Crippen LogP contribution in [0.5, 0.6) is 0 Å². The maximum atomic E-state index is 11.6. The summed E-state index contributed by atoms with van der Waals surface area (Å²) in [6.45, 7) is 2.58. The minimum absolute atomic E-state index is 0.235. The van der Waals surface area contributed by atoms with E-state index in [4.69, 9.17) is 5.11 Å². The van der Waals surface area contributed by atoms with E-state index in [1.165, 1.54) is 11.8 Å². The zero-order valence-corrected chi connectivity index (χ0v) is 12.9. The Morgan fingerprint density at radius 2 is 2.19 bits per heavy atom. The molecule has 1 aliphatic rings. The van der Waals surface area contributed by atoms with Crippen LogP contribution in [0.4, 0.5) is 0 Å². The maximum absolute atomic E-state index is 11.6. The topological polar surface area (TPSA) is 108 Å². The molecule has 1 saturated carbocycles. The third-order valence-corrected chi connectivity index (χ3v) is 5.16. The van der Waals surface area contributed by atoms with Gasteiger partial charge in [0.2, 0.25) is 0 Å². The summed E-state index contributed by atoms with van der Waals surface area (Å²) in [7, 11) is 0. The van der Waals surface area contributed by atoms with Crippen LogP contribution in [0.15, 0.2) is 9.95 Å². The van der Waals surface area contributed by atoms with Gasteiger partial charge in [-0.1, -0.05) is 18.7 Å². The van der Waals surface area contributed by atoms with Gasteiger partial charge >= 0.3 is 11.7 Å². The Kier molecular flexibility index (Phi) is 5.10. The highest BCUT2D eigenvalue weighted by Crippen LogP contribution is 2.35. The third-order valence-electron chi connectivity index (χ3n) is 3.91. The van der Waals surface area contributed by atoms with Crippen molar-refractivity contribution in [2.24, 2.45) is 5.92 Å². The van der Waals surface area contributed by atoms with E-state index in [9.17, 15) is 14.7 Å². The molecular weight excluding hydrogens is 294 g/mol. The van der Waals surface area contributed by atoms with Crippen LogP contribution in [0.2, 0.25) is 0 Å². The van der Waals surface area contributed by atoms with E-state index in [2.05, 4.69) is 10.2 Å². The molecule has 1 fully saturated rings. The van der Waals surface area contributed by atoms with Crippen molar-refractivity contribution >= 4 is 17.7 Å². The second-order valence-corrected chi connectivity index (χ2v) is 6.53. The largest absolute Gasteiger partial charge is 0.481 e. The molecule has 0 saturated heterocycles. The molecule has 1 aromatic heterocycles. The first kappa shape index (κ1) is 16.1. The number of aromatic amines is 1. The third kappa shape index (κ3) is 3.88. The molecular formula is C13H21N3O4S. The standard InChI is InChI=1S/C13H21N3O4S/c1-2-7-16-11(19)14-15-12(16)21-8-13(20)5-3-9(4-6-13)10(17)18/h9,20H,2-8H2,1H3,(H,14,19)(H,17,18). The molecule has 0 spiro atoms. The van der Waals surface area contributed by atoms with Crippen molar-refractivity contribution < 1.29 is 15.0 Å². The fourth-order valence-corrected chi connectivity index (χ4v) is 3.71. The first-order valence-corrected chi connectivity index (χ1v) is 8.17. The van der Waals surface area contributed by atoms with Gasteiger partial charge in [-0.3, -0.25) is 9.36 Å². The molecule has 3 N–H and O–H groups in total. The number of aliphatic carboxylic acids is 1. The second kappa shape index (κ2) is 6.65. The highest BCUT2D eigenvalue weighted by molar-refractivity contribution is 7.99. The quantitative estimate of drug-likeness (QED) is 0.678. The highest BCUT2D eigenvalue weighted by atomic mass is 32.2. The molecule has 8 heteroatoms. The number of thioether (sulfide) groups is 1. The van der Waals surface area contributed by atoms with Gasteiger partial charge in [0.25, 0.3) is 0 Å². The van der Waals surface area contributed by atoms with Gasteiger partial charge in [0.05, 0.1) is 11.5 Å². The number of H-pyrrole nitrogens is 1. The normalized spacial score (nSPS) is 25.9. The number of hydrogen-bond donors (Lipinski definition) is 3. The number of aromatic nitrogens is 3. The highest BCUT2D eigenvalue weighted by Gasteiger charge is 2.36. The maximum Gasteiger partial charge on any atom is 0.343 e. The summed E-state index contributed by atoms with van der Waals surface area (Å²) in [5.74, 6) is -0.708. The number of hydrogen-bond acceptors (Lipinski definition) is 5. The van der Waals surface area contributed by atoms with Gasteiger partial charge in [-0.05, 0) is 32.1 Å². The minimum Gasteiger partial charge on any atom is -0.481 e. The summed E-state index contributed by atoms with van der Waals surface area (Å²) in [5.41, 5.74) is -1.11. The van der Waals surface area contributed by atoms with Gasteiger partial charge in [0.15, 0.2) is 5.16 Å². The van der Waals surface area contributed by atoms with Crippen molar-refractivity contribution in [2.75, 3.05) is 5.75 Å². The van der Waals surface area contributed by atoms with Crippen molar-refractivity contribution in [2.45, 2.75) is 56.3 Å². The zero-order chi connectivity index (χ0) is 15.5. The van der Waals surface area contributed by atoms with Crippen LogP contribution in [0.3, 0.4) is 0 Å². The summed E-state index contributed by atoms with van der Waals surface area (Å²) in [6, 6.07) is 0. The molecule has 0 unspecified atom stereocenters. The molecule has 0 radical (unpaired) electrons. The van der Waals surface area contributed by atoms with Gasteiger partial charge < -0.3 is 10.2 Å². The molecule has 2 rings (SSSR count). The van der Waals surface area contributed by atoms with E-state index in [1.807, 2.05) is 6.92 Å². The molecule has 1 aliphatic carbocycles. The average Bonchev–Trinajstić information content (AvgIpc) is 2.79. The van der Waals surface area contributed by atoms with Gasteiger partial charge in [0.1, 0.15) is 0 Å². The molecule has 118 valence electrons. The molecule has 0 aliphatic heterocycles. The Morgan fingerprint density at radius 1 is 1.52 bits per heavy atom. The summed E-state index contributed by atoms with van der Waals surface area (Å²) < 4.78 is 1.57. The Labute approximate surface area is 126 Å². The van der Waals surface area contributed by atoms with E-state index < -0.39 is 11.6 Å². The van der Waals surface area contributed by atoms with Crippen LogP contribution in [0.25, 0.3) is 0 Å². The van der Waals surface area contributed by atoms with Crippen LogP contribution in [-0.2, 0) is 11.3 Å². The fourth-order valence-electron chi connectivity index (χ4n) is 2.58. The van der Waals surface area contributed by atoms with Crippen LogP contribution in [0, 0.1) is 5.92 Å². The van der Waals surface area contributed by atoms with E-state index >= 15 is 0 Å². The minimum atomic E-state index is -0.872. The SMILES string of the molecule is CCCn1c(SCC2(O)CCC(C(=O)O)CC2)n[nH]c1=O. The number of nitrogens with zero attached hydrogens (tertiary/aromatic N) is 2. The first-order valence-electron chi connectivity index (χ1n) is 7.18. The lowest BCUT2D eigenvalue weighted by Crippen LogP contribution is -2.38. The van der Waals surface area contributed by atoms with Crippen LogP contribution >= 0.6 is 11.8 Å². The summed E-state index contributed by atoms with van der Waals surface area (Å²) in [5, 5.41) is 26.5. The average molecular weight is 315 g/mol. The molecule has 0 aromatic carbocycles. The molecule has 1 heterocycles. The van der Waals surface area contributed by atoms with E-state index in [1.54, 1.807) is 4.57 Å². The lowest BCUT2D eigenvalue weighted by atomic mass is 9.80. The van der Waals surface area contributed by atoms with Gasteiger partial charge in [-0.15, -0.1) is 5.10 Å². The molecule has 0 atom stereocenters. The summed E-state index contributed by atoms with van der Waals surface area (Å²) in [6.07, 6.45) is 2.76. The molecule has 1 aromatic rings. The Balaban J connectivity index is 1.94. The predicted molar refractivity (Wildman–Crippen MR) is 78.4 cm³/mol.